The average Bonchev–Trinajstić information content (AvgIpc) is 3.28. The number of fused-ring (bicyclic) bond motifs is 1. The summed E-state index contributed by atoms with van der Waals surface area (Å²) in [5.74, 6) is 1.12. The van der Waals surface area contributed by atoms with Gasteiger partial charge in [0.15, 0.2) is 0 Å². The second-order valence-corrected chi connectivity index (χ2v) is 6.81. The fourth-order valence-corrected chi connectivity index (χ4v) is 3.99. The van der Waals surface area contributed by atoms with Crippen molar-refractivity contribution in [2.24, 2.45) is 0 Å². The Bertz CT molecular complexity index is 685. The Labute approximate surface area is 133 Å². The van der Waals surface area contributed by atoms with E-state index >= 15 is 0 Å². The van der Waals surface area contributed by atoms with E-state index < -0.39 is 0 Å². The van der Waals surface area contributed by atoms with Gasteiger partial charge in [-0.05, 0) is 37.1 Å². The van der Waals surface area contributed by atoms with E-state index in [1.54, 1.807) is 6.33 Å². The number of nitrogens with zero attached hydrogens (tertiary/aromatic N) is 3. The van der Waals surface area contributed by atoms with Crippen LogP contribution in [0.5, 0.6) is 0 Å². The molecule has 2 aromatic rings. The summed E-state index contributed by atoms with van der Waals surface area (Å²) in [6.07, 6.45) is 5.89. The zero-order valence-corrected chi connectivity index (χ0v) is 13.1. The van der Waals surface area contributed by atoms with E-state index in [0.29, 0.717) is 0 Å². The molecule has 0 aromatic carbocycles. The predicted molar refractivity (Wildman–Crippen MR) is 86.3 cm³/mol. The van der Waals surface area contributed by atoms with Gasteiger partial charge < -0.3 is 10.2 Å². The van der Waals surface area contributed by atoms with Gasteiger partial charge in [0.25, 0.3) is 5.91 Å². The fraction of sp³-hybridized carbons (Fsp3) is 0.438. The lowest BCUT2D eigenvalue weighted by molar-refractivity contribution is 0.0796. The Morgan fingerprint density at radius 2 is 2.32 bits per heavy atom. The van der Waals surface area contributed by atoms with E-state index in [2.05, 4.69) is 15.3 Å². The molecule has 0 saturated carbocycles. The van der Waals surface area contributed by atoms with Crippen LogP contribution in [0.1, 0.15) is 33.8 Å². The van der Waals surface area contributed by atoms with Crippen molar-refractivity contribution < 1.29 is 4.79 Å². The van der Waals surface area contributed by atoms with Crippen LogP contribution in [0.3, 0.4) is 0 Å². The largest absolute Gasteiger partial charge is 0.365 e. The van der Waals surface area contributed by atoms with E-state index in [1.807, 2.05) is 22.4 Å². The van der Waals surface area contributed by atoms with E-state index in [9.17, 15) is 4.79 Å². The molecule has 22 heavy (non-hydrogen) atoms. The van der Waals surface area contributed by atoms with E-state index in [-0.39, 0.29) is 11.9 Å². The third kappa shape index (κ3) is 2.47. The number of carbonyl (C=O) groups is 1. The maximum atomic E-state index is 12.4. The number of amides is 1. The number of thiophene rings is 1. The Balaban J connectivity index is 1.44. The van der Waals surface area contributed by atoms with Crippen molar-refractivity contribution in [3.8, 4) is 0 Å². The summed E-state index contributed by atoms with van der Waals surface area (Å²) < 4.78 is 0. The molecule has 1 atom stereocenters. The molecular formula is C16H18N4OS. The number of anilines is 1. The van der Waals surface area contributed by atoms with Crippen LogP contribution in [-0.4, -0.2) is 39.9 Å². The number of aromatic nitrogens is 2. The number of likely N-dealkylation sites (tertiary alicyclic amines) is 1. The van der Waals surface area contributed by atoms with Crippen molar-refractivity contribution in [3.05, 3.63) is 40.0 Å². The summed E-state index contributed by atoms with van der Waals surface area (Å²) in [4.78, 5) is 23.9. The average molecular weight is 314 g/mol. The van der Waals surface area contributed by atoms with Crippen molar-refractivity contribution in [1.29, 1.82) is 0 Å². The molecule has 0 spiro atoms. The molecule has 4 rings (SSSR count). The van der Waals surface area contributed by atoms with Gasteiger partial charge in [0.1, 0.15) is 12.1 Å². The fourth-order valence-electron chi connectivity index (χ4n) is 3.30. The van der Waals surface area contributed by atoms with Gasteiger partial charge >= 0.3 is 0 Å². The third-order valence-corrected chi connectivity index (χ3v) is 5.28. The molecule has 5 nitrogen and oxygen atoms in total. The number of nitrogens with one attached hydrogen (secondary N) is 1. The smallest absolute Gasteiger partial charge is 0.263 e. The topological polar surface area (TPSA) is 58.1 Å². The number of carbonyl (C=O) groups excluding carboxylic acids is 1. The summed E-state index contributed by atoms with van der Waals surface area (Å²) in [5.41, 5.74) is 2.45. The lowest BCUT2D eigenvalue weighted by atomic mass is 10.2. The van der Waals surface area contributed by atoms with Crippen LogP contribution in [0.25, 0.3) is 0 Å². The lowest BCUT2D eigenvalue weighted by Crippen LogP contribution is -2.31. The Morgan fingerprint density at radius 3 is 3.18 bits per heavy atom. The quantitative estimate of drug-likeness (QED) is 0.945. The van der Waals surface area contributed by atoms with Crippen molar-refractivity contribution in [2.75, 3.05) is 18.4 Å². The van der Waals surface area contributed by atoms with Gasteiger partial charge in [-0.25, -0.2) is 9.97 Å². The molecule has 0 unspecified atom stereocenters. The van der Waals surface area contributed by atoms with Gasteiger partial charge in [0.2, 0.25) is 0 Å². The van der Waals surface area contributed by atoms with Crippen LogP contribution in [0.2, 0.25) is 0 Å². The van der Waals surface area contributed by atoms with E-state index in [4.69, 9.17) is 0 Å². The highest BCUT2D eigenvalue weighted by Crippen LogP contribution is 2.27. The summed E-state index contributed by atoms with van der Waals surface area (Å²) in [7, 11) is 0. The van der Waals surface area contributed by atoms with E-state index in [0.717, 1.165) is 49.5 Å². The van der Waals surface area contributed by atoms with Gasteiger partial charge in [-0.2, -0.15) is 0 Å². The first-order valence-corrected chi connectivity index (χ1v) is 8.61. The number of hydrogen-bond acceptors (Lipinski definition) is 5. The van der Waals surface area contributed by atoms with Crippen LogP contribution in [0, 0.1) is 0 Å². The molecule has 1 saturated heterocycles. The molecule has 1 aliphatic heterocycles. The molecule has 1 amide bonds. The van der Waals surface area contributed by atoms with Crippen LogP contribution in [0.4, 0.5) is 5.82 Å². The first kappa shape index (κ1) is 13.7. The normalized spacial score (nSPS) is 20.2. The predicted octanol–water partition coefficient (Wildman–Crippen LogP) is 2.35. The zero-order chi connectivity index (χ0) is 14.9. The lowest BCUT2D eigenvalue weighted by Gasteiger charge is -2.17. The monoisotopic (exact) mass is 314 g/mol. The zero-order valence-electron chi connectivity index (χ0n) is 12.3. The van der Waals surface area contributed by atoms with Gasteiger partial charge in [0, 0.05) is 30.4 Å². The molecule has 0 radical (unpaired) electrons. The second kappa shape index (κ2) is 5.68. The van der Waals surface area contributed by atoms with E-state index in [1.165, 1.54) is 22.6 Å². The minimum atomic E-state index is 0.146. The summed E-state index contributed by atoms with van der Waals surface area (Å²) in [6, 6.07) is 4.10. The van der Waals surface area contributed by atoms with Crippen molar-refractivity contribution in [2.45, 2.75) is 31.7 Å². The maximum absolute atomic E-state index is 12.4. The molecule has 2 aromatic heterocycles. The van der Waals surface area contributed by atoms with Crippen LogP contribution >= 0.6 is 11.3 Å². The first-order valence-electron chi connectivity index (χ1n) is 7.73. The second-order valence-electron chi connectivity index (χ2n) is 5.86. The molecule has 0 bridgehead atoms. The highest BCUT2D eigenvalue weighted by atomic mass is 32.1. The summed E-state index contributed by atoms with van der Waals surface area (Å²) in [6.45, 7) is 1.55. The van der Waals surface area contributed by atoms with Crippen molar-refractivity contribution in [1.82, 2.24) is 14.9 Å². The van der Waals surface area contributed by atoms with Gasteiger partial charge in [0.05, 0.1) is 4.88 Å². The molecular weight excluding hydrogens is 296 g/mol. The Morgan fingerprint density at radius 1 is 1.36 bits per heavy atom. The van der Waals surface area contributed by atoms with Crippen molar-refractivity contribution >= 4 is 23.1 Å². The summed E-state index contributed by atoms with van der Waals surface area (Å²) in [5, 5.41) is 5.48. The van der Waals surface area contributed by atoms with Crippen LogP contribution in [0.15, 0.2) is 23.8 Å². The SMILES string of the molecule is O=C(c1cccs1)N1CC[C@@H](Nc2ncnc3c2CCC3)C1. The molecule has 1 N–H and O–H groups in total. The number of aryl methyl sites for hydroxylation is 1. The third-order valence-electron chi connectivity index (χ3n) is 4.42. The maximum Gasteiger partial charge on any atom is 0.263 e. The number of rotatable bonds is 3. The number of hydrogen-bond donors (Lipinski definition) is 1. The molecule has 114 valence electrons. The van der Waals surface area contributed by atoms with Gasteiger partial charge in [-0.15, -0.1) is 11.3 Å². The van der Waals surface area contributed by atoms with Crippen molar-refractivity contribution in [3.63, 3.8) is 0 Å². The molecule has 2 aliphatic rings. The summed E-state index contributed by atoms with van der Waals surface area (Å²) >= 11 is 1.51. The minimum Gasteiger partial charge on any atom is -0.365 e. The minimum absolute atomic E-state index is 0.146. The van der Waals surface area contributed by atoms with Crippen LogP contribution in [-0.2, 0) is 12.8 Å². The Hall–Kier alpha value is -1.95. The van der Waals surface area contributed by atoms with Gasteiger partial charge in [-0.3, -0.25) is 4.79 Å². The Kier molecular flexibility index (Phi) is 3.54. The molecule has 1 aliphatic carbocycles. The molecule has 3 heterocycles. The highest BCUT2D eigenvalue weighted by molar-refractivity contribution is 7.12. The van der Waals surface area contributed by atoms with Crippen LogP contribution < -0.4 is 5.32 Å². The standard InChI is InChI=1S/C16H18N4OS/c21-16(14-5-2-8-22-14)20-7-6-11(9-20)19-15-12-3-1-4-13(12)17-10-18-15/h2,5,8,10-11H,1,3-4,6-7,9H2,(H,17,18,19)/t11-/m1/s1. The van der Waals surface area contributed by atoms with Gasteiger partial charge in [-0.1, -0.05) is 6.07 Å². The first-order chi connectivity index (χ1) is 10.8. The highest BCUT2D eigenvalue weighted by Gasteiger charge is 2.28. The molecule has 1 fully saturated rings. The molecule has 6 heteroatoms.